The van der Waals surface area contributed by atoms with Gasteiger partial charge in [0.05, 0.1) is 14.2 Å². The number of methoxy groups -OCH3 is 2. The minimum absolute atomic E-state index is 0.744. The molecule has 2 aromatic carbocycles. The molecule has 0 spiro atoms. The van der Waals surface area contributed by atoms with E-state index in [-0.39, 0.29) is 0 Å². The van der Waals surface area contributed by atoms with E-state index in [0.29, 0.717) is 0 Å². The normalized spacial score (nSPS) is 10.6. The number of aromatic nitrogens is 2. The highest BCUT2D eigenvalue weighted by atomic mass is 79.9. The fraction of sp³-hybridized carbons (Fsp3) is 0.167. The lowest BCUT2D eigenvalue weighted by molar-refractivity contribution is 0.394. The Kier molecular flexibility index (Phi) is 4.67. The van der Waals surface area contributed by atoms with E-state index >= 15 is 0 Å². The molecule has 0 fully saturated rings. The molecule has 1 heterocycles. The third kappa shape index (κ3) is 3.56. The summed E-state index contributed by atoms with van der Waals surface area (Å²) in [5, 5.41) is 0. The number of rotatable bonds is 5. The quantitative estimate of drug-likeness (QED) is 0.666. The molecule has 0 amide bonds. The molecule has 0 aliphatic carbocycles. The number of ether oxygens (including phenoxy) is 2. The van der Waals surface area contributed by atoms with E-state index in [1.165, 1.54) is 5.56 Å². The highest BCUT2D eigenvalue weighted by molar-refractivity contribution is 9.10. The fourth-order valence-corrected chi connectivity index (χ4v) is 2.91. The summed E-state index contributed by atoms with van der Waals surface area (Å²) < 4.78 is 13.9. The Labute approximate surface area is 143 Å². The monoisotopic (exact) mass is 372 g/mol. The van der Waals surface area contributed by atoms with Crippen molar-refractivity contribution in [2.75, 3.05) is 14.2 Å². The van der Waals surface area contributed by atoms with Crippen LogP contribution in [0.1, 0.15) is 5.56 Å². The summed E-state index contributed by atoms with van der Waals surface area (Å²) >= 11 is 3.51. The number of hydrogen-bond acceptors (Lipinski definition) is 3. The second-order valence-corrected chi connectivity index (χ2v) is 6.03. The fourth-order valence-electron chi connectivity index (χ4n) is 2.47. The van der Waals surface area contributed by atoms with E-state index in [4.69, 9.17) is 9.47 Å². The minimum atomic E-state index is 0.744. The maximum absolute atomic E-state index is 5.35. The van der Waals surface area contributed by atoms with Gasteiger partial charge in [-0.15, -0.1) is 0 Å². The number of halogens is 1. The molecule has 118 valence electrons. The van der Waals surface area contributed by atoms with Gasteiger partial charge in [-0.05, 0) is 29.8 Å². The van der Waals surface area contributed by atoms with Gasteiger partial charge in [-0.25, -0.2) is 4.98 Å². The highest BCUT2D eigenvalue weighted by Crippen LogP contribution is 2.29. The lowest BCUT2D eigenvalue weighted by Gasteiger charge is -2.11. The second-order valence-electron chi connectivity index (χ2n) is 5.11. The predicted molar refractivity (Wildman–Crippen MR) is 94.0 cm³/mol. The van der Waals surface area contributed by atoms with Gasteiger partial charge < -0.3 is 14.0 Å². The average molecular weight is 373 g/mol. The van der Waals surface area contributed by atoms with E-state index in [1.54, 1.807) is 20.4 Å². The van der Waals surface area contributed by atoms with Crippen LogP contribution >= 0.6 is 15.9 Å². The molecule has 0 bridgehead atoms. The van der Waals surface area contributed by atoms with Gasteiger partial charge in [0.1, 0.15) is 17.3 Å². The number of nitrogens with zero attached hydrogens (tertiary/aromatic N) is 2. The largest absolute Gasteiger partial charge is 0.497 e. The molecule has 0 radical (unpaired) electrons. The third-order valence-corrected chi connectivity index (χ3v) is 4.06. The van der Waals surface area contributed by atoms with Gasteiger partial charge in [0.15, 0.2) is 0 Å². The standard InChI is InChI=1S/C18H17BrN2O2/c1-22-16-9-14(10-17(11-16)23-2)18-20-6-7-21(18)12-13-4-3-5-15(19)8-13/h3-11H,12H2,1-2H3. The van der Waals surface area contributed by atoms with Gasteiger partial charge in [0, 0.05) is 35.0 Å². The first-order chi connectivity index (χ1) is 11.2. The van der Waals surface area contributed by atoms with Crippen molar-refractivity contribution in [3.05, 3.63) is 64.9 Å². The molecule has 3 aromatic rings. The maximum Gasteiger partial charge on any atom is 0.140 e. The van der Waals surface area contributed by atoms with Crippen LogP contribution in [0.2, 0.25) is 0 Å². The van der Waals surface area contributed by atoms with Crippen molar-refractivity contribution in [1.82, 2.24) is 9.55 Å². The summed E-state index contributed by atoms with van der Waals surface area (Å²) in [5.74, 6) is 2.37. The molecule has 0 atom stereocenters. The van der Waals surface area contributed by atoms with Crippen LogP contribution in [0.4, 0.5) is 0 Å². The second kappa shape index (κ2) is 6.87. The van der Waals surface area contributed by atoms with Gasteiger partial charge in [-0.2, -0.15) is 0 Å². The summed E-state index contributed by atoms with van der Waals surface area (Å²) in [6, 6.07) is 14.0. The summed E-state index contributed by atoms with van der Waals surface area (Å²) in [6.07, 6.45) is 3.78. The summed E-state index contributed by atoms with van der Waals surface area (Å²) in [4.78, 5) is 4.50. The van der Waals surface area contributed by atoms with Crippen molar-refractivity contribution < 1.29 is 9.47 Å². The molecule has 23 heavy (non-hydrogen) atoms. The van der Waals surface area contributed by atoms with Crippen LogP contribution in [0.5, 0.6) is 11.5 Å². The molecule has 0 N–H and O–H groups in total. The summed E-state index contributed by atoms with van der Waals surface area (Å²) in [6.45, 7) is 0.744. The van der Waals surface area contributed by atoms with Gasteiger partial charge in [-0.1, -0.05) is 28.1 Å². The molecule has 0 unspecified atom stereocenters. The molecule has 0 saturated carbocycles. The van der Waals surface area contributed by atoms with Gasteiger partial charge in [-0.3, -0.25) is 0 Å². The van der Waals surface area contributed by atoms with E-state index in [2.05, 4.69) is 37.6 Å². The average Bonchev–Trinajstić information content (AvgIpc) is 3.02. The van der Waals surface area contributed by atoms with E-state index < -0.39 is 0 Å². The van der Waals surface area contributed by atoms with Crippen LogP contribution in [0.15, 0.2) is 59.3 Å². The van der Waals surface area contributed by atoms with Crippen molar-refractivity contribution in [1.29, 1.82) is 0 Å². The van der Waals surface area contributed by atoms with Crippen molar-refractivity contribution in [3.63, 3.8) is 0 Å². The molecule has 0 aliphatic heterocycles. The lowest BCUT2D eigenvalue weighted by Crippen LogP contribution is -2.01. The van der Waals surface area contributed by atoms with Crippen LogP contribution in [-0.4, -0.2) is 23.8 Å². The molecular weight excluding hydrogens is 356 g/mol. The molecule has 4 nitrogen and oxygen atoms in total. The molecule has 3 rings (SSSR count). The number of hydrogen-bond donors (Lipinski definition) is 0. The first kappa shape index (κ1) is 15.6. The Bertz CT molecular complexity index is 792. The number of imidazole rings is 1. The van der Waals surface area contributed by atoms with E-state index in [9.17, 15) is 0 Å². The first-order valence-electron chi connectivity index (χ1n) is 7.18. The topological polar surface area (TPSA) is 36.3 Å². The van der Waals surface area contributed by atoms with Crippen LogP contribution in [0.3, 0.4) is 0 Å². The highest BCUT2D eigenvalue weighted by Gasteiger charge is 2.10. The van der Waals surface area contributed by atoms with Crippen LogP contribution in [-0.2, 0) is 6.54 Å². The Morgan fingerprint density at radius 1 is 1.04 bits per heavy atom. The Morgan fingerprint density at radius 2 is 1.78 bits per heavy atom. The van der Waals surface area contributed by atoms with Crippen LogP contribution in [0.25, 0.3) is 11.4 Å². The van der Waals surface area contributed by atoms with Crippen LogP contribution < -0.4 is 9.47 Å². The third-order valence-electron chi connectivity index (χ3n) is 3.57. The first-order valence-corrected chi connectivity index (χ1v) is 7.98. The Balaban J connectivity index is 1.97. The number of benzene rings is 2. The van der Waals surface area contributed by atoms with Crippen LogP contribution in [0, 0.1) is 0 Å². The lowest BCUT2D eigenvalue weighted by atomic mass is 10.1. The zero-order valence-corrected chi connectivity index (χ0v) is 14.6. The van der Waals surface area contributed by atoms with Crippen molar-refractivity contribution in [3.8, 4) is 22.9 Å². The van der Waals surface area contributed by atoms with Crippen molar-refractivity contribution in [2.45, 2.75) is 6.54 Å². The molecular formula is C18H17BrN2O2. The maximum atomic E-state index is 5.35. The minimum Gasteiger partial charge on any atom is -0.497 e. The van der Waals surface area contributed by atoms with Crippen molar-refractivity contribution >= 4 is 15.9 Å². The van der Waals surface area contributed by atoms with E-state index in [0.717, 1.165) is 33.9 Å². The smallest absolute Gasteiger partial charge is 0.140 e. The van der Waals surface area contributed by atoms with Gasteiger partial charge >= 0.3 is 0 Å². The SMILES string of the molecule is COc1cc(OC)cc(-c2nccn2Cc2cccc(Br)c2)c1. The zero-order valence-electron chi connectivity index (χ0n) is 13.0. The molecule has 0 aliphatic rings. The molecule has 1 aromatic heterocycles. The summed E-state index contributed by atoms with van der Waals surface area (Å²) in [7, 11) is 3.29. The molecule has 0 saturated heterocycles. The Hall–Kier alpha value is -2.27. The molecule has 5 heteroatoms. The predicted octanol–water partition coefficient (Wildman–Crippen LogP) is 4.38. The zero-order chi connectivity index (χ0) is 16.2. The summed E-state index contributed by atoms with van der Waals surface area (Å²) in [5.41, 5.74) is 2.16. The van der Waals surface area contributed by atoms with Crippen molar-refractivity contribution in [2.24, 2.45) is 0 Å². The van der Waals surface area contributed by atoms with Gasteiger partial charge in [0.2, 0.25) is 0 Å². The van der Waals surface area contributed by atoms with E-state index in [1.807, 2.05) is 36.5 Å². The Morgan fingerprint density at radius 3 is 2.43 bits per heavy atom. The van der Waals surface area contributed by atoms with Gasteiger partial charge in [0.25, 0.3) is 0 Å².